The maximum absolute atomic E-state index is 11.7. The molecular weight excluding hydrogens is 200 g/mol. The van der Waals surface area contributed by atoms with E-state index in [2.05, 4.69) is 13.8 Å². The molecule has 0 aromatic heterocycles. The number of carboxylic acids is 1. The van der Waals surface area contributed by atoms with Gasteiger partial charge in [0.1, 0.15) is 0 Å². The molecule has 1 rings (SSSR count). The molecule has 0 spiro atoms. The van der Waals surface area contributed by atoms with Crippen LogP contribution in [0.5, 0.6) is 0 Å². The van der Waals surface area contributed by atoms with E-state index in [1.807, 2.05) is 0 Å². The number of hydrogen-bond donors (Lipinski definition) is 1. The van der Waals surface area contributed by atoms with E-state index in [0.717, 1.165) is 38.5 Å². The van der Waals surface area contributed by atoms with Crippen molar-refractivity contribution in [1.82, 2.24) is 0 Å². The molecule has 1 N–H and O–H groups in total. The molecule has 0 saturated heterocycles. The van der Waals surface area contributed by atoms with Gasteiger partial charge < -0.3 is 5.11 Å². The summed E-state index contributed by atoms with van der Waals surface area (Å²) in [5.74, 6) is -0.175. The normalized spacial score (nSPS) is 21.4. The molecule has 0 aromatic carbocycles. The second-order valence-corrected chi connectivity index (χ2v) is 5.24. The smallest absolute Gasteiger partial charge is 0.309 e. The number of hydrogen-bond acceptors (Lipinski definition) is 1. The zero-order valence-electron chi connectivity index (χ0n) is 10.8. The predicted molar refractivity (Wildman–Crippen MR) is 66.5 cm³/mol. The number of carbonyl (C=O) groups is 1. The topological polar surface area (TPSA) is 37.3 Å². The quantitative estimate of drug-likeness (QED) is 0.778. The molecule has 1 saturated carbocycles. The first-order valence-electron chi connectivity index (χ1n) is 6.90. The molecule has 1 aliphatic carbocycles. The van der Waals surface area contributed by atoms with Crippen LogP contribution < -0.4 is 0 Å². The second kappa shape index (κ2) is 6.27. The fraction of sp³-hybridized carbons (Fsp3) is 0.929. The van der Waals surface area contributed by atoms with Crippen LogP contribution in [0, 0.1) is 11.3 Å². The van der Waals surface area contributed by atoms with Crippen molar-refractivity contribution in [2.75, 3.05) is 0 Å². The van der Waals surface area contributed by atoms with Gasteiger partial charge in [-0.05, 0) is 18.8 Å². The molecule has 16 heavy (non-hydrogen) atoms. The lowest BCUT2D eigenvalue weighted by Gasteiger charge is -2.38. The zero-order valence-corrected chi connectivity index (χ0v) is 10.8. The van der Waals surface area contributed by atoms with E-state index in [9.17, 15) is 9.90 Å². The maximum atomic E-state index is 11.7. The van der Waals surface area contributed by atoms with Crippen molar-refractivity contribution in [1.29, 1.82) is 0 Å². The molecule has 94 valence electrons. The van der Waals surface area contributed by atoms with Crippen LogP contribution >= 0.6 is 0 Å². The van der Waals surface area contributed by atoms with Gasteiger partial charge in [0.15, 0.2) is 0 Å². The fourth-order valence-electron chi connectivity index (χ4n) is 3.40. The maximum Gasteiger partial charge on any atom is 0.309 e. The highest BCUT2D eigenvalue weighted by Gasteiger charge is 2.43. The third-order valence-electron chi connectivity index (χ3n) is 4.44. The second-order valence-electron chi connectivity index (χ2n) is 5.24. The minimum atomic E-state index is -0.539. The molecule has 0 heterocycles. The van der Waals surface area contributed by atoms with Gasteiger partial charge in [0.05, 0.1) is 5.41 Å². The Morgan fingerprint density at radius 1 is 1.06 bits per heavy atom. The van der Waals surface area contributed by atoms with Crippen molar-refractivity contribution in [3.05, 3.63) is 0 Å². The third-order valence-corrected chi connectivity index (χ3v) is 4.44. The Bertz CT molecular complexity index is 211. The Kier molecular flexibility index (Phi) is 5.30. The van der Waals surface area contributed by atoms with E-state index >= 15 is 0 Å². The van der Waals surface area contributed by atoms with Crippen LogP contribution in [0.15, 0.2) is 0 Å². The fourth-order valence-corrected chi connectivity index (χ4v) is 3.40. The van der Waals surface area contributed by atoms with Crippen LogP contribution in [0.3, 0.4) is 0 Å². The van der Waals surface area contributed by atoms with Crippen molar-refractivity contribution in [2.45, 2.75) is 71.6 Å². The van der Waals surface area contributed by atoms with Crippen LogP contribution in [0.2, 0.25) is 0 Å². The molecule has 0 amide bonds. The predicted octanol–water partition coefficient (Wildman–Crippen LogP) is 4.24. The van der Waals surface area contributed by atoms with Crippen LogP contribution in [-0.4, -0.2) is 11.1 Å². The highest BCUT2D eigenvalue weighted by atomic mass is 16.4. The zero-order chi connectivity index (χ0) is 12.0. The first kappa shape index (κ1) is 13.5. The third kappa shape index (κ3) is 2.78. The van der Waals surface area contributed by atoms with E-state index in [4.69, 9.17) is 0 Å². The summed E-state index contributed by atoms with van der Waals surface area (Å²) in [6, 6.07) is 0. The van der Waals surface area contributed by atoms with Gasteiger partial charge in [-0.15, -0.1) is 0 Å². The average Bonchev–Trinajstić information content (AvgIpc) is 2.22. The lowest BCUT2D eigenvalue weighted by Crippen LogP contribution is -2.39. The van der Waals surface area contributed by atoms with E-state index in [-0.39, 0.29) is 0 Å². The molecule has 0 unspecified atom stereocenters. The summed E-state index contributed by atoms with van der Waals surface area (Å²) in [7, 11) is 0. The van der Waals surface area contributed by atoms with Gasteiger partial charge in [-0.2, -0.15) is 0 Å². The van der Waals surface area contributed by atoms with Crippen molar-refractivity contribution in [2.24, 2.45) is 11.3 Å². The number of aliphatic carboxylic acids is 1. The van der Waals surface area contributed by atoms with Crippen LogP contribution in [0.4, 0.5) is 0 Å². The molecule has 0 aromatic rings. The Morgan fingerprint density at radius 3 is 1.88 bits per heavy atom. The van der Waals surface area contributed by atoms with E-state index in [0.29, 0.717) is 5.92 Å². The van der Waals surface area contributed by atoms with Gasteiger partial charge in [-0.1, -0.05) is 58.8 Å². The summed E-state index contributed by atoms with van der Waals surface area (Å²) >= 11 is 0. The Morgan fingerprint density at radius 2 is 1.50 bits per heavy atom. The molecule has 1 aliphatic rings. The van der Waals surface area contributed by atoms with Crippen molar-refractivity contribution < 1.29 is 9.90 Å². The minimum Gasteiger partial charge on any atom is -0.481 e. The molecule has 0 aliphatic heterocycles. The lowest BCUT2D eigenvalue weighted by atomic mass is 9.65. The summed E-state index contributed by atoms with van der Waals surface area (Å²) in [6.45, 7) is 4.27. The largest absolute Gasteiger partial charge is 0.481 e. The Balaban J connectivity index is 2.86. The van der Waals surface area contributed by atoms with Crippen LogP contribution in [0.1, 0.15) is 71.6 Å². The Hall–Kier alpha value is -0.530. The number of rotatable bonds is 4. The van der Waals surface area contributed by atoms with Gasteiger partial charge >= 0.3 is 5.97 Å². The summed E-state index contributed by atoms with van der Waals surface area (Å²) in [5.41, 5.74) is -0.413. The standard InChI is InChI=1S/C14H26O2/c1-3-12(4-2)14(13(15)16)10-8-6-5-7-9-11-14/h12H,3-11H2,1-2H3,(H,15,16). The van der Waals surface area contributed by atoms with Gasteiger partial charge in [0.2, 0.25) is 0 Å². The van der Waals surface area contributed by atoms with Crippen molar-refractivity contribution >= 4 is 5.97 Å². The van der Waals surface area contributed by atoms with E-state index in [1.165, 1.54) is 19.3 Å². The lowest BCUT2D eigenvalue weighted by molar-refractivity contribution is -0.155. The minimum absolute atomic E-state index is 0.364. The highest BCUT2D eigenvalue weighted by molar-refractivity contribution is 5.75. The highest BCUT2D eigenvalue weighted by Crippen LogP contribution is 2.44. The van der Waals surface area contributed by atoms with Gasteiger partial charge in [-0.3, -0.25) is 4.79 Å². The molecule has 0 bridgehead atoms. The molecular formula is C14H26O2. The van der Waals surface area contributed by atoms with Gasteiger partial charge in [0, 0.05) is 0 Å². The summed E-state index contributed by atoms with van der Waals surface area (Å²) in [4.78, 5) is 11.7. The number of carboxylic acid groups (broad SMARTS) is 1. The summed E-state index contributed by atoms with van der Waals surface area (Å²) in [6.07, 6.45) is 9.73. The summed E-state index contributed by atoms with van der Waals surface area (Å²) < 4.78 is 0. The van der Waals surface area contributed by atoms with Gasteiger partial charge in [-0.25, -0.2) is 0 Å². The molecule has 0 atom stereocenters. The Labute approximate surface area is 99.4 Å². The van der Waals surface area contributed by atoms with Crippen molar-refractivity contribution in [3.63, 3.8) is 0 Å². The first-order chi connectivity index (χ1) is 7.67. The molecule has 2 nitrogen and oxygen atoms in total. The van der Waals surface area contributed by atoms with E-state index in [1.54, 1.807) is 0 Å². The first-order valence-corrected chi connectivity index (χ1v) is 6.90. The molecule has 1 fully saturated rings. The average molecular weight is 226 g/mol. The van der Waals surface area contributed by atoms with Crippen LogP contribution in [-0.2, 0) is 4.79 Å². The summed E-state index contributed by atoms with van der Waals surface area (Å²) in [5, 5.41) is 9.64. The molecule has 0 radical (unpaired) electrons. The van der Waals surface area contributed by atoms with Gasteiger partial charge in [0.25, 0.3) is 0 Å². The van der Waals surface area contributed by atoms with Crippen LogP contribution in [0.25, 0.3) is 0 Å². The van der Waals surface area contributed by atoms with E-state index < -0.39 is 11.4 Å². The molecule has 2 heteroatoms. The van der Waals surface area contributed by atoms with Crippen molar-refractivity contribution in [3.8, 4) is 0 Å². The monoisotopic (exact) mass is 226 g/mol. The SMILES string of the molecule is CCC(CC)C1(C(=O)O)CCCCCCC1.